The molecule has 6 aromatic rings. The van der Waals surface area contributed by atoms with Gasteiger partial charge in [0.15, 0.2) is 0 Å². The molecule has 4 heteroatoms. The molecular formula is C42H48Cl2SiZr. The molecule has 0 fully saturated rings. The topological polar surface area (TPSA) is 0 Å². The van der Waals surface area contributed by atoms with Crippen LogP contribution in [0.25, 0.3) is 43.8 Å². The molecule has 6 aromatic carbocycles. The zero-order chi connectivity index (χ0) is 33.3. The zero-order valence-corrected chi connectivity index (χ0v) is 33.4. The van der Waals surface area contributed by atoms with Gasteiger partial charge >= 0.3 is 37.9 Å². The molecule has 0 saturated heterocycles. The summed E-state index contributed by atoms with van der Waals surface area (Å²) in [5.41, 5.74) is 10.9. The third kappa shape index (κ3) is 11.5. The summed E-state index contributed by atoms with van der Waals surface area (Å²) >= 11 is -0.826. The van der Waals surface area contributed by atoms with Crippen LogP contribution in [0.1, 0.15) is 61.8 Å². The number of fused-ring (bicyclic) bond motifs is 2. The normalized spacial score (nSPS) is 10.3. The summed E-state index contributed by atoms with van der Waals surface area (Å²) < 4.78 is 0. The SMILES string of the molecule is CCCCc1cc2c(-c3ccc(C)cc3)cccc2[cH-]1.CCCCc1cc2c(-c3ccc(C)cc3)cccc2[cH-]1.C[Si]C.[Cl][Zr+2][Cl]. The predicted octanol–water partition coefficient (Wildman–Crippen LogP) is 13.9. The molecular weight excluding hydrogens is 695 g/mol. The summed E-state index contributed by atoms with van der Waals surface area (Å²) in [4.78, 5) is 0. The van der Waals surface area contributed by atoms with Gasteiger partial charge in [0.1, 0.15) is 0 Å². The van der Waals surface area contributed by atoms with Crippen molar-refractivity contribution in [1.29, 1.82) is 0 Å². The number of halogens is 2. The van der Waals surface area contributed by atoms with Gasteiger partial charge < -0.3 is 0 Å². The van der Waals surface area contributed by atoms with E-state index in [-0.39, 0.29) is 0 Å². The van der Waals surface area contributed by atoms with E-state index < -0.39 is 20.8 Å². The van der Waals surface area contributed by atoms with E-state index in [4.69, 9.17) is 17.0 Å². The number of hydrogen-bond donors (Lipinski definition) is 0. The molecule has 0 aliphatic rings. The molecule has 0 N–H and O–H groups in total. The van der Waals surface area contributed by atoms with Gasteiger partial charge in [0.05, 0.1) is 0 Å². The zero-order valence-electron chi connectivity index (χ0n) is 28.4. The van der Waals surface area contributed by atoms with Crippen molar-refractivity contribution in [3.05, 3.63) is 131 Å². The first kappa shape index (κ1) is 38.2. The van der Waals surface area contributed by atoms with Crippen LogP contribution in [-0.2, 0) is 33.7 Å². The second kappa shape index (κ2) is 20.9. The molecule has 0 aliphatic carbocycles. The van der Waals surface area contributed by atoms with Gasteiger partial charge in [-0.05, 0) is 37.8 Å². The number of hydrogen-bond acceptors (Lipinski definition) is 0. The Balaban J connectivity index is 0.000000214. The van der Waals surface area contributed by atoms with E-state index in [9.17, 15) is 0 Å². The van der Waals surface area contributed by atoms with Crippen LogP contribution in [0.2, 0.25) is 13.1 Å². The van der Waals surface area contributed by atoms with Crippen LogP contribution in [0, 0.1) is 13.8 Å². The molecule has 0 heterocycles. The summed E-state index contributed by atoms with van der Waals surface area (Å²) in [5, 5.41) is 5.52. The molecule has 0 unspecified atom stereocenters. The minimum atomic E-state index is -0.826. The minimum absolute atomic E-state index is 0.826. The summed E-state index contributed by atoms with van der Waals surface area (Å²) in [5.74, 6) is 0. The van der Waals surface area contributed by atoms with E-state index in [0.29, 0.717) is 0 Å². The fraction of sp³-hybridized carbons (Fsp3) is 0.286. The Morgan fingerprint density at radius 3 is 1.26 bits per heavy atom. The van der Waals surface area contributed by atoms with Crippen LogP contribution in [0.4, 0.5) is 0 Å². The second-order valence-corrected chi connectivity index (χ2v) is 16.6. The molecule has 0 spiro atoms. The Morgan fingerprint density at radius 1 is 0.587 bits per heavy atom. The van der Waals surface area contributed by atoms with Crippen LogP contribution >= 0.6 is 17.0 Å². The van der Waals surface area contributed by atoms with E-state index in [1.165, 1.54) is 105 Å². The first-order valence-corrected chi connectivity index (χ1v) is 24.8. The molecule has 0 bridgehead atoms. The Morgan fingerprint density at radius 2 is 0.935 bits per heavy atom. The average molecular weight is 743 g/mol. The van der Waals surface area contributed by atoms with Gasteiger partial charge in [0.2, 0.25) is 0 Å². The number of benzene rings is 4. The van der Waals surface area contributed by atoms with Crippen LogP contribution in [0.15, 0.2) is 109 Å². The predicted molar refractivity (Wildman–Crippen MR) is 206 cm³/mol. The Labute approximate surface area is 299 Å². The maximum atomic E-state index is 4.93. The van der Waals surface area contributed by atoms with E-state index >= 15 is 0 Å². The first-order chi connectivity index (χ1) is 22.4. The van der Waals surface area contributed by atoms with Crippen molar-refractivity contribution < 1.29 is 20.8 Å². The fourth-order valence-corrected chi connectivity index (χ4v) is 5.61. The molecule has 2 radical (unpaired) electrons. The molecule has 46 heavy (non-hydrogen) atoms. The van der Waals surface area contributed by atoms with Gasteiger partial charge in [-0.2, -0.15) is 12.1 Å². The molecule has 0 aromatic heterocycles. The van der Waals surface area contributed by atoms with Crippen LogP contribution in [0.5, 0.6) is 0 Å². The maximum absolute atomic E-state index is 4.93. The second-order valence-electron chi connectivity index (χ2n) is 11.9. The van der Waals surface area contributed by atoms with Gasteiger partial charge in [0, 0.05) is 9.52 Å². The molecule has 0 amide bonds. The van der Waals surface area contributed by atoms with Gasteiger partial charge in [-0.25, -0.2) is 0 Å². The summed E-state index contributed by atoms with van der Waals surface area (Å²) in [6.45, 7) is 13.1. The van der Waals surface area contributed by atoms with Crippen molar-refractivity contribution >= 4 is 48.1 Å². The number of rotatable bonds is 8. The van der Waals surface area contributed by atoms with Crippen LogP contribution in [-0.4, -0.2) is 9.52 Å². The molecule has 0 saturated carbocycles. The Bertz CT molecular complexity index is 1580. The summed E-state index contributed by atoms with van der Waals surface area (Å²) in [7, 11) is 11.0. The van der Waals surface area contributed by atoms with E-state index in [1.807, 2.05) is 0 Å². The first-order valence-electron chi connectivity index (χ1n) is 16.4. The van der Waals surface area contributed by atoms with Crippen molar-refractivity contribution in [2.24, 2.45) is 0 Å². The van der Waals surface area contributed by atoms with Crippen molar-refractivity contribution in [2.75, 3.05) is 0 Å². The van der Waals surface area contributed by atoms with Gasteiger partial charge in [-0.1, -0.05) is 136 Å². The third-order valence-corrected chi connectivity index (χ3v) is 7.98. The monoisotopic (exact) mass is 740 g/mol. The van der Waals surface area contributed by atoms with E-state index in [0.717, 1.165) is 9.52 Å². The van der Waals surface area contributed by atoms with Crippen molar-refractivity contribution in [3.63, 3.8) is 0 Å². The Hall–Kier alpha value is -2.22. The van der Waals surface area contributed by atoms with Crippen molar-refractivity contribution in [1.82, 2.24) is 0 Å². The van der Waals surface area contributed by atoms with Crippen LogP contribution in [0.3, 0.4) is 0 Å². The van der Waals surface area contributed by atoms with Crippen LogP contribution < -0.4 is 0 Å². The molecule has 238 valence electrons. The van der Waals surface area contributed by atoms with Crippen molar-refractivity contribution in [3.8, 4) is 22.3 Å². The number of aryl methyl sites for hydroxylation is 4. The molecule has 6 rings (SSSR count). The molecule has 0 aliphatic heterocycles. The van der Waals surface area contributed by atoms with Crippen molar-refractivity contribution in [2.45, 2.75) is 79.3 Å². The Kier molecular flexibility index (Phi) is 17.4. The molecule has 0 nitrogen and oxygen atoms in total. The summed E-state index contributed by atoms with van der Waals surface area (Å²) in [6, 6.07) is 40.4. The quantitative estimate of drug-likeness (QED) is 0.108. The van der Waals surface area contributed by atoms with E-state index in [1.54, 1.807) is 0 Å². The number of unbranched alkanes of at least 4 members (excludes halogenated alkanes) is 2. The van der Waals surface area contributed by atoms with E-state index in [2.05, 4.69) is 150 Å². The standard InChI is InChI=1S/2C20H21.C2H6Si.2ClH.Zr/c2*1-3-4-6-16-13-18-7-5-8-19(20(18)14-16)17-11-9-15(2)10-12-17;1-3-2;;;/h2*5,7-14H,3-4,6H2,1-2H3;1-2H3;2*1H;/q2*-1;;;;+4/p-2. The fourth-order valence-electron chi connectivity index (χ4n) is 5.61. The summed E-state index contributed by atoms with van der Waals surface area (Å²) in [6.07, 6.45) is 7.45. The average Bonchev–Trinajstić information content (AvgIpc) is 3.68. The third-order valence-electron chi connectivity index (χ3n) is 7.98. The van der Waals surface area contributed by atoms with Gasteiger partial charge in [0.25, 0.3) is 0 Å². The van der Waals surface area contributed by atoms with Gasteiger partial charge in [-0.3, -0.25) is 0 Å². The molecule has 0 atom stereocenters. The van der Waals surface area contributed by atoms with Gasteiger partial charge in [-0.15, -0.1) is 69.1 Å².